The van der Waals surface area contributed by atoms with E-state index in [1.807, 2.05) is 6.07 Å². The fourth-order valence-corrected chi connectivity index (χ4v) is 1.60. The topological polar surface area (TPSA) is 9.23 Å². The van der Waals surface area contributed by atoms with Crippen LogP contribution in [0.25, 0.3) is 0 Å². The molecule has 0 aliphatic carbocycles. The summed E-state index contributed by atoms with van der Waals surface area (Å²) in [6.07, 6.45) is 8.80. The van der Waals surface area contributed by atoms with Gasteiger partial charge in [-0.3, -0.25) is 0 Å². The molecule has 1 nitrogen and oxygen atoms in total. The molecule has 0 aliphatic heterocycles. The first-order valence-corrected chi connectivity index (χ1v) is 6.24. The third-order valence-electron chi connectivity index (χ3n) is 2.53. The van der Waals surface area contributed by atoms with E-state index in [-0.39, 0.29) is 0 Å². The first-order valence-electron chi connectivity index (χ1n) is 6.24. The summed E-state index contributed by atoms with van der Waals surface area (Å²) in [6.45, 7) is 5.13. The van der Waals surface area contributed by atoms with Gasteiger partial charge in [-0.05, 0) is 37.3 Å². The molecule has 0 aromatic heterocycles. The zero-order valence-corrected chi connectivity index (χ0v) is 10.4. The van der Waals surface area contributed by atoms with Crippen molar-refractivity contribution in [2.24, 2.45) is 0 Å². The van der Waals surface area contributed by atoms with Crippen LogP contribution in [0.5, 0.6) is 5.75 Å². The first kappa shape index (κ1) is 12.8. The molecule has 0 aliphatic rings. The second-order valence-corrected chi connectivity index (χ2v) is 3.83. The van der Waals surface area contributed by atoms with Gasteiger partial charge in [-0.25, -0.2) is 0 Å². The van der Waals surface area contributed by atoms with Gasteiger partial charge in [-0.1, -0.05) is 44.2 Å². The Morgan fingerprint density at radius 3 is 2.69 bits per heavy atom. The van der Waals surface area contributed by atoms with Crippen LogP contribution in [0.4, 0.5) is 0 Å². The molecule has 0 spiro atoms. The van der Waals surface area contributed by atoms with E-state index >= 15 is 0 Å². The van der Waals surface area contributed by atoms with Gasteiger partial charge in [0.05, 0.1) is 6.61 Å². The maximum atomic E-state index is 5.77. The molecule has 16 heavy (non-hydrogen) atoms. The number of aryl methyl sites for hydroxylation is 1. The molecular weight excluding hydrogens is 196 g/mol. The minimum Gasteiger partial charge on any atom is -0.493 e. The number of hydrogen-bond acceptors (Lipinski definition) is 1. The zero-order chi connectivity index (χ0) is 11.6. The first-order chi connectivity index (χ1) is 7.88. The monoisotopic (exact) mass is 218 g/mol. The summed E-state index contributed by atoms with van der Waals surface area (Å²) in [6, 6.07) is 8.29. The zero-order valence-electron chi connectivity index (χ0n) is 10.4. The molecule has 1 aromatic carbocycles. The van der Waals surface area contributed by atoms with Crippen molar-refractivity contribution in [3.05, 3.63) is 42.0 Å². The van der Waals surface area contributed by atoms with Gasteiger partial charge in [0.15, 0.2) is 0 Å². The molecular formula is C15H22O. The van der Waals surface area contributed by atoms with E-state index in [1.165, 1.54) is 5.56 Å². The molecule has 0 heterocycles. The van der Waals surface area contributed by atoms with Crippen molar-refractivity contribution < 1.29 is 4.74 Å². The molecule has 0 N–H and O–H groups in total. The third-order valence-corrected chi connectivity index (χ3v) is 2.53. The van der Waals surface area contributed by atoms with Crippen molar-refractivity contribution in [1.82, 2.24) is 0 Å². The van der Waals surface area contributed by atoms with Crippen LogP contribution >= 0.6 is 0 Å². The summed E-state index contributed by atoms with van der Waals surface area (Å²) in [5, 5.41) is 0. The number of rotatable bonds is 7. The second-order valence-electron chi connectivity index (χ2n) is 3.83. The smallest absolute Gasteiger partial charge is 0.122 e. The lowest BCUT2D eigenvalue weighted by Crippen LogP contribution is -1.99. The Hall–Kier alpha value is -1.24. The van der Waals surface area contributed by atoms with Crippen molar-refractivity contribution >= 4 is 0 Å². The number of allylic oxidation sites excluding steroid dienone is 2. The average molecular weight is 218 g/mol. The predicted molar refractivity (Wildman–Crippen MR) is 70.0 cm³/mol. The molecule has 1 rings (SSSR count). The maximum absolute atomic E-state index is 5.77. The van der Waals surface area contributed by atoms with Gasteiger partial charge in [0.25, 0.3) is 0 Å². The highest BCUT2D eigenvalue weighted by atomic mass is 16.5. The normalized spacial score (nSPS) is 10.9. The van der Waals surface area contributed by atoms with Gasteiger partial charge in [-0.2, -0.15) is 0 Å². The lowest BCUT2D eigenvalue weighted by Gasteiger charge is -2.09. The van der Waals surface area contributed by atoms with Crippen LogP contribution in [0, 0.1) is 0 Å². The van der Waals surface area contributed by atoms with E-state index in [1.54, 1.807) is 0 Å². The van der Waals surface area contributed by atoms with Gasteiger partial charge in [0, 0.05) is 0 Å². The van der Waals surface area contributed by atoms with Crippen LogP contribution in [-0.2, 0) is 6.42 Å². The van der Waals surface area contributed by atoms with E-state index in [0.717, 1.165) is 38.0 Å². The lowest BCUT2D eigenvalue weighted by molar-refractivity contribution is 0.309. The van der Waals surface area contributed by atoms with E-state index < -0.39 is 0 Å². The molecule has 0 radical (unpaired) electrons. The van der Waals surface area contributed by atoms with Crippen molar-refractivity contribution in [2.75, 3.05) is 6.61 Å². The van der Waals surface area contributed by atoms with Crippen LogP contribution < -0.4 is 4.74 Å². The number of ether oxygens (including phenoxy) is 1. The second kappa shape index (κ2) is 7.98. The molecule has 0 amide bonds. The van der Waals surface area contributed by atoms with Gasteiger partial charge in [0.1, 0.15) is 5.75 Å². The number of benzene rings is 1. The third kappa shape index (κ3) is 4.52. The Bertz CT molecular complexity index is 315. The van der Waals surface area contributed by atoms with Crippen LogP contribution in [0.15, 0.2) is 36.4 Å². The van der Waals surface area contributed by atoms with E-state index in [9.17, 15) is 0 Å². The fraction of sp³-hybridized carbons (Fsp3) is 0.467. The van der Waals surface area contributed by atoms with Crippen LogP contribution in [0.2, 0.25) is 0 Å². The fourth-order valence-electron chi connectivity index (χ4n) is 1.60. The molecule has 0 unspecified atom stereocenters. The lowest BCUT2D eigenvalue weighted by atomic mass is 10.1. The molecule has 0 saturated carbocycles. The van der Waals surface area contributed by atoms with Gasteiger partial charge in [0.2, 0.25) is 0 Å². The standard InChI is InChI=1S/C15H22O/c1-3-5-6-7-10-13-16-15-12-9-8-11-14(15)4-2/h5-6,8-9,11-12H,3-4,7,10,13H2,1-2H3/b6-5-. The van der Waals surface area contributed by atoms with Crippen molar-refractivity contribution in [1.29, 1.82) is 0 Å². The Morgan fingerprint density at radius 1 is 1.12 bits per heavy atom. The van der Waals surface area contributed by atoms with Crippen molar-refractivity contribution in [3.8, 4) is 5.75 Å². The van der Waals surface area contributed by atoms with E-state index in [4.69, 9.17) is 4.74 Å². The highest BCUT2D eigenvalue weighted by molar-refractivity contribution is 5.33. The quantitative estimate of drug-likeness (QED) is 0.487. The molecule has 0 fully saturated rings. The number of para-hydroxylation sites is 1. The van der Waals surface area contributed by atoms with Crippen LogP contribution in [-0.4, -0.2) is 6.61 Å². The molecule has 0 atom stereocenters. The Morgan fingerprint density at radius 2 is 1.94 bits per heavy atom. The van der Waals surface area contributed by atoms with E-state index in [2.05, 4.69) is 44.2 Å². The molecule has 1 aromatic rings. The Labute approximate surface area is 99.1 Å². The highest BCUT2D eigenvalue weighted by Crippen LogP contribution is 2.18. The Balaban J connectivity index is 2.28. The van der Waals surface area contributed by atoms with Gasteiger partial charge < -0.3 is 4.74 Å². The van der Waals surface area contributed by atoms with Crippen LogP contribution in [0.3, 0.4) is 0 Å². The van der Waals surface area contributed by atoms with Gasteiger partial charge in [-0.15, -0.1) is 0 Å². The van der Waals surface area contributed by atoms with Gasteiger partial charge >= 0.3 is 0 Å². The van der Waals surface area contributed by atoms with Crippen molar-refractivity contribution in [3.63, 3.8) is 0 Å². The summed E-state index contributed by atoms with van der Waals surface area (Å²) in [5.41, 5.74) is 1.30. The Kier molecular flexibility index (Phi) is 6.39. The van der Waals surface area contributed by atoms with E-state index in [0.29, 0.717) is 0 Å². The number of unbranched alkanes of at least 4 members (excludes halogenated alkanes) is 1. The summed E-state index contributed by atoms with van der Waals surface area (Å²) in [4.78, 5) is 0. The molecule has 0 bridgehead atoms. The number of hydrogen-bond donors (Lipinski definition) is 0. The molecule has 1 heteroatoms. The summed E-state index contributed by atoms with van der Waals surface area (Å²) in [7, 11) is 0. The average Bonchev–Trinajstić information content (AvgIpc) is 2.34. The molecule has 0 saturated heterocycles. The largest absolute Gasteiger partial charge is 0.493 e. The van der Waals surface area contributed by atoms with Crippen molar-refractivity contribution in [2.45, 2.75) is 39.5 Å². The predicted octanol–water partition coefficient (Wildman–Crippen LogP) is 4.37. The molecule has 88 valence electrons. The summed E-state index contributed by atoms with van der Waals surface area (Å²) < 4.78 is 5.77. The summed E-state index contributed by atoms with van der Waals surface area (Å²) >= 11 is 0. The highest BCUT2D eigenvalue weighted by Gasteiger charge is 1.99. The van der Waals surface area contributed by atoms with Crippen LogP contribution in [0.1, 0.15) is 38.7 Å². The SMILES string of the molecule is CC/C=C\CCCOc1ccccc1CC. The maximum Gasteiger partial charge on any atom is 0.122 e. The minimum atomic E-state index is 0.811. The summed E-state index contributed by atoms with van der Waals surface area (Å²) in [5.74, 6) is 1.05. The minimum absolute atomic E-state index is 0.811.